The van der Waals surface area contributed by atoms with Gasteiger partial charge in [0.25, 0.3) is 5.56 Å². The fourth-order valence-electron chi connectivity index (χ4n) is 6.57. The zero-order valence-electron chi connectivity index (χ0n) is 24.1. The Balaban J connectivity index is 1.19. The second-order valence-corrected chi connectivity index (χ2v) is 13.8. The van der Waals surface area contributed by atoms with Gasteiger partial charge in [-0.25, -0.2) is 0 Å². The number of fused-ring (bicyclic) bond motifs is 4. The Kier molecular flexibility index (Phi) is 7.56. The van der Waals surface area contributed by atoms with Gasteiger partial charge in [0.05, 0.1) is 22.7 Å². The summed E-state index contributed by atoms with van der Waals surface area (Å²) in [6.45, 7) is 8.47. The van der Waals surface area contributed by atoms with Crippen molar-refractivity contribution in [1.29, 1.82) is 0 Å². The van der Waals surface area contributed by atoms with Gasteiger partial charge >= 0.3 is 0 Å². The molecule has 0 aliphatic carbocycles. The molecule has 0 unspecified atom stereocenters. The first-order valence-electron chi connectivity index (χ1n) is 14.5. The molecule has 1 atom stereocenters. The number of piperidine rings is 1. The van der Waals surface area contributed by atoms with Crippen LogP contribution in [-0.2, 0) is 22.6 Å². The minimum atomic E-state index is -0.477. The van der Waals surface area contributed by atoms with E-state index in [4.69, 9.17) is 23.2 Å². The molecule has 6 rings (SSSR count). The van der Waals surface area contributed by atoms with Gasteiger partial charge in [0.1, 0.15) is 0 Å². The topological polar surface area (TPSA) is 102 Å². The maximum Gasteiger partial charge on any atom is 0.251 e. The lowest BCUT2D eigenvalue weighted by Gasteiger charge is -2.34. The number of carbonyl (C=O) groups excluding carboxylic acids is 2. The Labute approximate surface area is 254 Å². The number of nitrogens with zero attached hydrogens (tertiary/aromatic N) is 3. The minimum absolute atomic E-state index is 0.0000655. The Morgan fingerprint density at radius 2 is 1.86 bits per heavy atom. The van der Waals surface area contributed by atoms with Gasteiger partial charge in [0, 0.05) is 54.1 Å². The lowest BCUT2D eigenvalue weighted by atomic mass is 9.88. The number of halogens is 2. The lowest BCUT2D eigenvalue weighted by molar-refractivity contribution is -0.142. The van der Waals surface area contributed by atoms with Crippen molar-refractivity contribution < 1.29 is 9.59 Å². The third kappa shape index (κ3) is 5.66. The van der Waals surface area contributed by atoms with E-state index in [0.29, 0.717) is 61.0 Å². The zero-order chi connectivity index (χ0) is 29.8. The summed E-state index contributed by atoms with van der Waals surface area (Å²) in [5.41, 5.74) is 4.05. The van der Waals surface area contributed by atoms with Gasteiger partial charge in [0.2, 0.25) is 11.8 Å². The van der Waals surface area contributed by atoms with Crippen molar-refractivity contribution in [1.82, 2.24) is 25.0 Å². The molecule has 0 spiro atoms. The average Bonchev–Trinajstić information content (AvgIpc) is 3.39. The number of hydrogen-bond donors (Lipinski definition) is 2. The molecule has 10 heteroatoms. The monoisotopic (exact) mass is 607 g/mol. The fourth-order valence-corrected chi connectivity index (χ4v) is 7.02. The number of pyridine rings is 1. The molecule has 0 bridgehead atoms. The molecule has 2 N–H and O–H groups in total. The molecule has 2 aliphatic rings. The summed E-state index contributed by atoms with van der Waals surface area (Å²) in [5, 5.41) is 10.2. The van der Waals surface area contributed by atoms with Crippen LogP contribution in [0.25, 0.3) is 21.8 Å². The van der Waals surface area contributed by atoms with Crippen molar-refractivity contribution in [3.05, 3.63) is 73.6 Å². The Bertz CT molecular complexity index is 1750. The van der Waals surface area contributed by atoms with E-state index in [1.165, 1.54) is 0 Å². The molecule has 220 valence electrons. The largest absolute Gasteiger partial charge is 0.343 e. The molecule has 2 aromatic heterocycles. The first kappa shape index (κ1) is 28.7. The number of benzene rings is 2. The van der Waals surface area contributed by atoms with Crippen LogP contribution in [0.3, 0.4) is 0 Å². The third-order valence-corrected chi connectivity index (χ3v) is 9.11. The summed E-state index contributed by atoms with van der Waals surface area (Å²) in [4.78, 5) is 47.1. The maximum atomic E-state index is 13.9. The van der Waals surface area contributed by atoms with Crippen LogP contribution in [0.1, 0.15) is 62.6 Å². The van der Waals surface area contributed by atoms with E-state index in [0.717, 1.165) is 33.0 Å². The van der Waals surface area contributed by atoms with Crippen molar-refractivity contribution >= 4 is 56.8 Å². The van der Waals surface area contributed by atoms with Crippen LogP contribution in [0.2, 0.25) is 10.0 Å². The number of carbonyl (C=O) groups is 2. The number of H-pyrrole nitrogens is 2. The molecule has 2 aliphatic heterocycles. The van der Waals surface area contributed by atoms with Gasteiger partial charge in [-0.05, 0) is 71.4 Å². The predicted molar refractivity (Wildman–Crippen MR) is 166 cm³/mol. The normalized spacial score (nSPS) is 18.5. The molecule has 0 saturated carbocycles. The molecule has 2 aromatic carbocycles. The molecule has 4 aromatic rings. The van der Waals surface area contributed by atoms with E-state index in [2.05, 4.69) is 36.0 Å². The first-order chi connectivity index (χ1) is 20.0. The third-order valence-electron chi connectivity index (χ3n) is 8.58. The Morgan fingerprint density at radius 3 is 2.60 bits per heavy atom. The average molecular weight is 609 g/mol. The summed E-state index contributed by atoms with van der Waals surface area (Å²) >= 11 is 12.7. The number of aromatic nitrogens is 3. The number of nitrogens with one attached hydrogen (secondary N) is 2. The first-order valence-corrected chi connectivity index (χ1v) is 15.2. The van der Waals surface area contributed by atoms with Crippen molar-refractivity contribution in [2.24, 2.45) is 11.3 Å². The van der Waals surface area contributed by atoms with E-state index in [9.17, 15) is 14.4 Å². The van der Waals surface area contributed by atoms with E-state index in [-0.39, 0.29) is 35.1 Å². The van der Waals surface area contributed by atoms with Crippen LogP contribution < -0.4 is 5.56 Å². The summed E-state index contributed by atoms with van der Waals surface area (Å²) in [6.07, 6.45) is 3.75. The predicted octanol–water partition coefficient (Wildman–Crippen LogP) is 6.05. The van der Waals surface area contributed by atoms with Crippen molar-refractivity contribution in [2.75, 3.05) is 19.6 Å². The highest BCUT2D eigenvalue weighted by molar-refractivity contribution is 6.35. The highest BCUT2D eigenvalue weighted by Gasteiger charge is 2.36. The summed E-state index contributed by atoms with van der Waals surface area (Å²) in [6, 6.07) is 9.34. The van der Waals surface area contributed by atoms with E-state index in [1.54, 1.807) is 12.3 Å². The molecule has 1 saturated heterocycles. The van der Waals surface area contributed by atoms with Gasteiger partial charge in [-0.2, -0.15) is 5.10 Å². The number of aromatic amines is 2. The number of rotatable bonds is 4. The standard InChI is InChI=1S/C32H35Cl2N5O3/c1-32(2,3)17-39-16-25-20(12-26(34)29-24(25)15-35-37-29)10-21(31(39)42)13-28(40)38-8-6-18(7-9-38)23-11-19-4-5-22(33)14-27(19)36-30(23)41/h4-5,11-12,14-15,18,21H,6-10,13,16-17H2,1-3H3,(H,35,37)(H,36,41)/t21-/m0/s1. The van der Waals surface area contributed by atoms with Crippen LogP contribution >= 0.6 is 23.2 Å². The van der Waals surface area contributed by atoms with Crippen LogP contribution in [0.5, 0.6) is 0 Å². The van der Waals surface area contributed by atoms with Crippen molar-refractivity contribution in [3.8, 4) is 0 Å². The smallest absolute Gasteiger partial charge is 0.251 e. The van der Waals surface area contributed by atoms with Crippen molar-refractivity contribution in [3.63, 3.8) is 0 Å². The molecular weight excluding hydrogens is 573 g/mol. The van der Waals surface area contributed by atoms with E-state index in [1.807, 2.05) is 34.1 Å². The highest BCUT2D eigenvalue weighted by atomic mass is 35.5. The fraction of sp³-hybridized carbons (Fsp3) is 0.438. The minimum Gasteiger partial charge on any atom is -0.343 e. The quantitative estimate of drug-likeness (QED) is 0.294. The molecule has 0 radical (unpaired) electrons. The Hall–Kier alpha value is -3.36. The van der Waals surface area contributed by atoms with Gasteiger partial charge in [-0.15, -0.1) is 0 Å². The maximum absolute atomic E-state index is 13.9. The van der Waals surface area contributed by atoms with Gasteiger partial charge in [-0.3, -0.25) is 19.5 Å². The lowest BCUT2D eigenvalue weighted by Crippen LogP contribution is -2.43. The van der Waals surface area contributed by atoms with Crippen LogP contribution in [0, 0.1) is 11.3 Å². The summed E-state index contributed by atoms with van der Waals surface area (Å²) < 4.78 is 0. The molecular formula is C32H35Cl2N5O3. The van der Waals surface area contributed by atoms with Gasteiger partial charge < -0.3 is 14.8 Å². The number of hydrogen-bond acceptors (Lipinski definition) is 4. The molecule has 8 nitrogen and oxygen atoms in total. The summed E-state index contributed by atoms with van der Waals surface area (Å²) in [5.74, 6) is -0.441. The number of likely N-dealkylation sites (tertiary alicyclic amines) is 1. The van der Waals surface area contributed by atoms with Gasteiger partial charge in [0.15, 0.2) is 0 Å². The van der Waals surface area contributed by atoms with Crippen LogP contribution in [0.15, 0.2) is 41.3 Å². The van der Waals surface area contributed by atoms with Crippen LogP contribution in [-0.4, -0.2) is 56.4 Å². The van der Waals surface area contributed by atoms with E-state index < -0.39 is 5.92 Å². The molecule has 2 amide bonds. The highest BCUT2D eigenvalue weighted by Crippen LogP contribution is 2.36. The van der Waals surface area contributed by atoms with Crippen molar-refractivity contribution in [2.45, 2.75) is 58.9 Å². The molecule has 42 heavy (non-hydrogen) atoms. The molecule has 4 heterocycles. The Morgan fingerprint density at radius 1 is 1.10 bits per heavy atom. The second-order valence-electron chi connectivity index (χ2n) is 13.0. The summed E-state index contributed by atoms with van der Waals surface area (Å²) in [7, 11) is 0. The molecule has 1 fully saturated rings. The second kappa shape index (κ2) is 11.0. The SMILES string of the molecule is CC(C)(C)CN1Cc2c(cc(Cl)c3[nH]ncc23)C[C@@H](CC(=O)N2CCC(c3cc4ccc(Cl)cc4[nH]c3=O)CC2)C1=O. The van der Waals surface area contributed by atoms with Gasteiger partial charge in [-0.1, -0.05) is 50.0 Å². The number of amides is 2. The van der Waals surface area contributed by atoms with E-state index >= 15 is 0 Å². The zero-order valence-corrected chi connectivity index (χ0v) is 25.6. The van der Waals surface area contributed by atoms with Crippen LogP contribution in [0.4, 0.5) is 0 Å².